The average molecular weight is 242 g/mol. The van der Waals surface area contributed by atoms with Crippen molar-refractivity contribution in [1.29, 1.82) is 5.26 Å². The van der Waals surface area contributed by atoms with Crippen LogP contribution in [0.3, 0.4) is 0 Å². The molecule has 0 amide bonds. The summed E-state index contributed by atoms with van der Waals surface area (Å²) in [5.74, 6) is 4.57. The lowest BCUT2D eigenvalue weighted by atomic mass is 10.4. The summed E-state index contributed by atoms with van der Waals surface area (Å²) in [6.45, 7) is 16.9. The molecule has 0 fully saturated rings. The zero-order valence-corrected chi connectivity index (χ0v) is 13.4. The normalized spacial score (nSPS) is 5.18. The van der Waals surface area contributed by atoms with Gasteiger partial charge in [-0.3, -0.25) is 0 Å². The topological polar surface area (TPSA) is 49.8 Å². The van der Waals surface area contributed by atoms with Crippen LogP contribution in [-0.4, -0.2) is 6.54 Å². The third-order valence-electron chi connectivity index (χ3n) is 0.681. The van der Waals surface area contributed by atoms with Gasteiger partial charge in [0.2, 0.25) is 0 Å². The fraction of sp³-hybridized carbons (Fsp3) is 0.800. The molecule has 2 N–H and O–H groups in total. The highest BCUT2D eigenvalue weighted by atomic mass is 14.5. The Kier molecular flexibility index (Phi) is 143. The van der Waals surface area contributed by atoms with Crippen LogP contribution in [0, 0.1) is 23.2 Å². The molecule has 0 aliphatic rings. The van der Waals surface area contributed by atoms with E-state index in [1.165, 1.54) is 19.3 Å². The summed E-state index contributed by atoms with van der Waals surface area (Å²) in [7, 11) is 0. The summed E-state index contributed by atoms with van der Waals surface area (Å²) in [6, 6.07) is 1.66. The summed E-state index contributed by atoms with van der Waals surface area (Å²) in [4.78, 5) is 0. The highest BCUT2D eigenvalue weighted by Crippen LogP contribution is 1.76. The van der Waals surface area contributed by atoms with E-state index in [2.05, 4.69) is 39.5 Å². The van der Waals surface area contributed by atoms with Crippen LogP contribution >= 0.6 is 0 Å². The van der Waals surface area contributed by atoms with Crippen molar-refractivity contribution >= 4 is 0 Å². The molecule has 0 atom stereocenters. The van der Waals surface area contributed by atoms with Crippen molar-refractivity contribution in [2.24, 2.45) is 5.73 Å². The Morgan fingerprint density at radius 2 is 1.18 bits per heavy atom. The lowest BCUT2D eigenvalue weighted by molar-refractivity contribution is 0.886. The van der Waals surface area contributed by atoms with Gasteiger partial charge in [-0.1, -0.05) is 73.6 Å². The molecule has 0 heterocycles. The van der Waals surface area contributed by atoms with Crippen LogP contribution in [0.1, 0.15) is 74.7 Å². The predicted molar refractivity (Wildman–Crippen MR) is 81.7 cm³/mol. The Labute approximate surface area is 111 Å². The Morgan fingerprint density at radius 1 is 0.941 bits per heavy atom. The van der Waals surface area contributed by atoms with Gasteiger partial charge in [-0.05, 0) is 13.5 Å². The summed E-state index contributed by atoms with van der Waals surface area (Å²) >= 11 is 0. The molecular formula is C15H34N2. The molecule has 0 aromatic heterocycles. The molecule has 17 heavy (non-hydrogen) atoms. The van der Waals surface area contributed by atoms with E-state index in [4.69, 9.17) is 11.0 Å². The third-order valence-corrected chi connectivity index (χ3v) is 0.681. The molecule has 0 saturated carbocycles. The fourth-order valence-corrected chi connectivity index (χ4v) is 0.0559. The second kappa shape index (κ2) is 81.6. The van der Waals surface area contributed by atoms with Crippen LogP contribution in [0.2, 0.25) is 0 Å². The molecule has 104 valence electrons. The van der Waals surface area contributed by atoms with Crippen molar-refractivity contribution in [2.45, 2.75) is 74.7 Å². The summed E-state index contributed by atoms with van der Waals surface area (Å²) in [6.07, 6.45) is 3.89. The monoisotopic (exact) mass is 242 g/mol. The first-order valence-corrected chi connectivity index (χ1v) is 6.67. The molecule has 0 aliphatic carbocycles. The Morgan fingerprint density at radius 3 is 1.18 bits per heavy atom. The van der Waals surface area contributed by atoms with Crippen molar-refractivity contribution in [2.75, 3.05) is 6.54 Å². The summed E-state index contributed by atoms with van der Waals surface area (Å²) in [5.41, 5.74) is 4.85. The predicted octanol–water partition coefficient (Wildman–Crippen LogP) is 4.75. The van der Waals surface area contributed by atoms with Crippen molar-refractivity contribution in [3.63, 3.8) is 0 Å². The Bertz CT molecular complexity index is 143. The zero-order valence-electron chi connectivity index (χ0n) is 13.4. The highest BCUT2D eigenvalue weighted by molar-refractivity contribution is 5.14. The first kappa shape index (κ1) is 29.8. The number of hydrogen-bond acceptors (Lipinski definition) is 2. The fourth-order valence-electron chi connectivity index (χ4n) is 0.0559. The molecular weight excluding hydrogens is 208 g/mol. The van der Waals surface area contributed by atoms with Crippen molar-refractivity contribution in [3.05, 3.63) is 0 Å². The third kappa shape index (κ3) is 629. The van der Waals surface area contributed by atoms with E-state index in [1.54, 1.807) is 13.0 Å². The maximum atomic E-state index is 7.64. The number of unbranched alkanes of at least 4 members (excludes halogenated alkanes) is 1. The van der Waals surface area contributed by atoms with Crippen LogP contribution in [0.25, 0.3) is 0 Å². The second-order valence-electron chi connectivity index (χ2n) is 2.60. The molecule has 0 saturated heterocycles. The van der Waals surface area contributed by atoms with Crippen LogP contribution in [0.5, 0.6) is 0 Å². The van der Waals surface area contributed by atoms with Gasteiger partial charge in [0.15, 0.2) is 6.07 Å². The van der Waals surface area contributed by atoms with Gasteiger partial charge in [-0.15, -0.1) is 0 Å². The van der Waals surface area contributed by atoms with Gasteiger partial charge in [0, 0.05) is 5.92 Å². The zero-order chi connectivity index (χ0) is 14.9. The van der Waals surface area contributed by atoms with E-state index in [0.717, 1.165) is 6.54 Å². The molecule has 0 spiro atoms. The molecule has 0 aliphatic heterocycles. The minimum absolute atomic E-state index is 0.750. The lowest BCUT2D eigenvalue weighted by Crippen LogP contribution is -1.87. The van der Waals surface area contributed by atoms with Gasteiger partial charge in [0.05, 0.1) is 0 Å². The molecule has 2 heteroatoms. The number of rotatable bonds is 1. The minimum Gasteiger partial charge on any atom is -0.331 e. The van der Waals surface area contributed by atoms with E-state index >= 15 is 0 Å². The maximum Gasteiger partial charge on any atom is 0.152 e. The molecule has 0 radical (unpaired) electrons. The second-order valence-corrected chi connectivity index (χ2v) is 2.60. The largest absolute Gasteiger partial charge is 0.331 e. The summed E-state index contributed by atoms with van der Waals surface area (Å²) in [5, 5.41) is 7.64. The Balaban J connectivity index is -0.0000000367. The summed E-state index contributed by atoms with van der Waals surface area (Å²) < 4.78 is 0. The van der Waals surface area contributed by atoms with Crippen LogP contribution in [0.4, 0.5) is 0 Å². The van der Waals surface area contributed by atoms with E-state index in [1.807, 2.05) is 20.8 Å². The first-order chi connectivity index (χ1) is 8.16. The van der Waals surface area contributed by atoms with E-state index < -0.39 is 0 Å². The van der Waals surface area contributed by atoms with Gasteiger partial charge < -0.3 is 5.73 Å². The van der Waals surface area contributed by atoms with Gasteiger partial charge in [-0.2, -0.15) is 5.26 Å². The van der Waals surface area contributed by atoms with Gasteiger partial charge in [-0.25, -0.2) is 0 Å². The highest BCUT2D eigenvalue weighted by Gasteiger charge is 1.56. The van der Waals surface area contributed by atoms with E-state index in [9.17, 15) is 0 Å². The molecule has 0 rings (SSSR count). The van der Waals surface area contributed by atoms with Gasteiger partial charge in [0.1, 0.15) is 0 Å². The van der Waals surface area contributed by atoms with Crippen LogP contribution < -0.4 is 5.73 Å². The molecule has 0 bridgehead atoms. The number of hydrogen-bond donors (Lipinski definition) is 1. The van der Waals surface area contributed by atoms with Crippen molar-refractivity contribution in [1.82, 2.24) is 0 Å². The smallest absolute Gasteiger partial charge is 0.152 e. The minimum atomic E-state index is 0.750. The SMILES string of the molecule is CC.CC#CC#N.CCC.CCCC.CCN. The molecule has 2 nitrogen and oxygen atoms in total. The van der Waals surface area contributed by atoms with Crippen LogP contribution in [0.15, 0.2) is 0 Å². The van der Waals surface area contributed by atoms with Gasteiger partial charge in [0.25, 0.3) is 0 Å². The van der Waals surface area contributed by atoms with Crippen molar-refractivity contribution in [3.8, 4) is 17.9 Å². The standard InChI is InChI=1S/C4H3N.C4H10.C3H8.C2H7N.C2H6/c1-2-3-4-5;1-3-4-2;1-3-2;1-2-3;1-2/h1H3;3-4H2,1-2H3;3H2,1-2H3;2-3H2,1H3;1-2H3. The number of nitrogens with two attached hydrogens (primary N) is 1. The first-order valence-electron chi connectivity index (χ1n) is 6.67. The van der Waals surface area contributed by atoms with Gasteiger partial charge >= 0.3 is 0 Å². The quantitative estimate of drug-likeness (QED) is 0.675. The number of nitriles is 1. The maximum absolute atomic E-state index is 7.64. The average Bonchev–Trinajstić information content (AvgIpc) is 2.35. The Hall–Kier alpha value is -0.990. The number of nitrogens with zero attached hydrogens (tertiary/aromatic N) is 1. The van der Waals surface area contributed by atoms with E-state index in [0.29, 0.717) is 0 Å². The molecule has 0 aromatic rings. The van der Waals surface area contributed by atoms with E-state index in [-0.39, 0.29) is 0 Å². The molecule has 0 unspecified atom stereocenters. The van der Waals surface area contributed by atoms with Crippen LogP contribution in [-0.2, 0) is 0 Å². The lowest BCUT2D eigenvalue weighted by Gasteiger charge is -1.68. The van der Waals surface area contributed by atoms with Crippen molar-refractivity contribution < 1.29 is 0 Å². The molecule has 0 aromatic carbocycles.